The maximum atomic E-state index is 12.8. The third kappa shape index (κ3) is 4.12. The van der Waals surface area contributed by atoms with Crippen molar-refractivity contribution in [3.8, 4) is 0 Å². The van der Waals surface area contributed by atoms with Gasteiger partial charge in [0.05, 0.1) is 4.90 Å². The SMILES string of the molecule is CNC(=O)COC(=O)[C@@H]1CCCCN1S(=O)(=O)c1ccc(C)cc1. The zero-order valence-electron chi connectivity index (χ0n) is 13.8. The highest BCUT2D eigenvalue weighted by Crippen LogP contribution is 2.26. The van der Waals surface area contributed by atoms with E-state index in [1.807, 2.05) is 6.92 Å². The van der Waals surface area contributed by atoms with Gasteiger partial charge in [-0.1, -0.05) is 17.7 Å². The summed E-state index contributed by atoms with van der Waals surface area (Å²) >= 11 is 0. The molecule has 0 unspecified atom stereocenters. The molecule has 0 radical (unpaired) electrons. The van der Waals surface area contributed by atoms with E-state index >= 15 is 0 Å². The van der Waals surface area contributed by atoms with Crippen LogP contribution in [0.5, 0.6) is 0 Å². The number of sulfonamides is 1. The number of nitrogens with one attached hydrogen (secondary N) is 1. The van der Waals surface area contributed by atoms with Gasteiger partial charge in [0.15, 0.2) is 6.61 Å². The Bertz CT molecular complexity index is 700. The van der Waals surface area contributed by atoms with Crippen LogP contribution in [-0.2, 0) is 24.3 Å². The van der Waals surface area contributed by atoms with E-state index in [-0.39, 0.29) is 11.4 Å². The summed E-state index contributed by atoms with van der Waals surface area (Å²) in [5.74, 6) is -1.12. The number of rotatable bonds is 5. The van der Waals surface area contributed by atoms with Gasteiger partial charge in [-0.2, -0.15) is 4.31 Å². The second-order valence-electron chi connectivity index (χ2n) is 5.72. The standard InChI is InChI=1S/C16H22N2O5S/c1-12-6-8-13(9-7-12)24(21,22)18-10-4-3-5-14(18)16(20)23-11-15(19)17-2/h6-9,14H,3-5,10-11H2,1-2H3,(H,17,19)/t14-/m0/s1. The van der Waals surface area contributed by atoms with E-state index in [1.165, 1.54) is 23.5 Å². The third-order valence-electron chi connectivity index (χ3n) is 3.98. The van der Waals surface area contributed by atoms with Crippen LogP contribution < -0.4 is 5.32 Å². The minimum Gasteiger partial charge on any atom is -0.454 e. The largest absolute Gasteiger partial charge is 0.454 e. The first-order chi connectivity index (χ1) is 11.4. The molecule has 0 saturated carbocycles. The molecule has 1 aromatic carbocycles. The lowest BCUT2D eigenvalue weighted by Gasteiger charge is -2.32. The summed E-state index contributed by atoms with van der Waals surface area (Å²) in [6.07, 6.45) is 1.81. The van der Waals surface area contributed by atoms with Crippen molar-refractivity contribution < 1.29 is 22.7 Å². The Labute approximate surface area is 142 Å². The van der Waals surface area contributed by atoms with Crippen LogP contribution in [0.15, 0.2) is 29.2 Å². The van der Waals surface area contributed by atoms with Crippen LogP contribution >= 0.6 is 0 Å². The second kappa shape index (κ2) is 7.76. The molecule has 1 aromatic rings. The Balaban J connectivity index is 2.20. The number of ether oxygens (including phenoxy) is 1. The van der Waals surface area contributed by atoms with Crippen molar-refractivity contribution in [3.05, 3.63) is 29.8 Å². The van der Waals surface area contributed by atoms with Crippen molar-refractivity contribution in [2.45, 2.75) is 37.1 Å². The number of benzene rings is 1. The van der Waals surface area contributed by atoms with Crippen LogP contribution in [0.25, 0.3) is 0 Å². The van der Waals surface area contributed by atoms with Crippen LogP contribution in [0, 0.1) is 6.92 Å². The zero-order valence-corrected chi connectivity index (χ0v) is 14.6. The molecule has 1 atom stereocenters. The summed E-state index contributed by atoms with van der Waals surface area (Å²) in [4.78, 5) is 23.6. The van der Waals surface area contributed by atoms with Crippen LogP contribution in [0.1, 0.15) is 24.8 Å². The van der Waals surface area contributed by atoms with Gasteiger partial charge in [-0.05, 0) is 38.3 Å². The van der Waals surface area contributed by atoms with E-state index in [9.17, 15) is 18.0 Å². The van der Waals surface area contributed by atoms with Gasteiger partial charge in [0.2, 0.25) is 10.0 Å². The molecule has 1 aliphatic heterocycles. The third-order valence-corrected chi connectivity index (χ3v) is 5.90. The van der Waals surface area contributed by atoms with Crippen molar-refractivity contribution in [1.29, 1.82) is 0 Å². The van der Waals surface area contributed by atoms with Crippen molar-refractivity contribution >= 4 is 21.9 Å². The Morgan fingerprint density at radius 3 is 2.54 bits per heavy atom. The van der Waals surface area contributed by atoms with Crippen LogP contribution in [0.3, 0.4) is 0 Å². The molecule has 2 rings (SSSR count). The lowest BCUT2D eigenvalue weighted by Crippen LogP contribution is -2.49. The molecule has 1 amide bonds. The number of hydrogen-bond acceptors (Lipinski definition) is 5. The number of likely N-dealkylation sites (N-methyl/N-ethyl adjacent to an activating group) is 1. The van der Waals surface area contributed by atoms with Gasteiger partial charge in [0.25, 0.3) is 5.91 Å². The average Bonchev–Trinajstić information content (AvgIpc) is 2.59. The summed E-state index contributed by atoms with van der Waals surface area (Å²) < 4.78 is 31.8. The molecule has 132 valence electrons. The molecule has 1 N–H and O–H groups in total. The highest BCUT2D eigenvalue weighted by molar-refractivity contribution is 7.89. The topological polar surface area (TPSA) is 92.8 Å². The van der Waals surface area contributed by atoms with Crippen LogP contribution in [-0.4, -0.2) is 50.8 Å². The fourth-order valence-electron chi connectivity index (χ4n) is 2.58. The number of carbonyl (C=O) groups is 2. The monoisotopic (exact) mass is 354 g/mol. The highest BCUT2D eigenvalue weighted by Gasteiger charge is 2.38. The molecule has 24 heavy (non-hydrogen) atoms. The fraction of sp³-hybridized carbons (Fsp3) is 0.500. The van der Waals surface area contributed by atoms with Crippen molar-refractivity contribution in [3.63, 3.8) is 0 Å². The number of amides is 1. The quantitative estimate of drug-likeness (QED) is 0.791. The van der Waals surface area contributed by atoms with Crippen molar-refractivity contribution in [2.24, 2.45) is 0 Å². The van der Waals surface area contributed by atoms with E-state index in [2.05, 4.69) is 5.32 Å². The number of nitrogens with zero attached hydrogens (tertiary/aromatic N) is 1. The first-order valence-corrected chi connectivity index (χ1v) is 9.26. The van der Waals surface area contributed by atoms with Gasteiger partial charge in [-0.15, -0.1) is 0 Å². The minimum absolute atomic E-state index is 0.152. The Hall–Kier alpha value is -1.93. The minimum atomic E-state index is -3.79. The lowest BCUT2D eigenvalue weighted by atomic mass is 10.1. The predicted octanol–water partition coefficient (Wildman–Crippen LogP) is 0.827. The molecule has 1 saturated heterocycles. The van der Waals surface area contributed by atoms with Gasteiger partial charge < -0.3 is 10.1 Å². The molecule has 0 bridgehead atoms. The van der Waals surface area contributed by atoms with Gasteiger partial charge in [-0.3, -0.25) is 9.59 Å². The van der Waals surface area contributed by atoms with Crippen molar-refractivity contribution in [1.82, 2.24) is 9.62 Å². The maximum Gasteiger partial charge on any atom is 0.324 e. The van der Waals surface area contributed by atoms with Gasteiger partial charge in [-0.25, -0.2) is 8.42 Å². The zero-order chi connectivity index (χ0) is 17.7. The first kappa shape index (κ1) is 18.4. The van der Waals surface area contributed by atoms with E-state index in [1.54, 1.807) is 12.1 Å². The van der Waals surface area contributed by atoms with Gasteiger partial charge in [0.1, 0.15) is 6.04 Å². The molecular weight excluding hydrogens is 332 g/mol. The van der Waals surface area contributed by atoms with Crippen molar-refractivity contribution in [2.75, 3.05) is 20.2 Å². The van der Waals surface area contributed by atoms with E-state index in [4.69, 9.17) is 4.74 Å². The Morgan fingerprint density at radius 2 is 1.92 bits per heavy atom. The van der Waals surface area contributed by atoms with Crippen LogP contribution in [0.2, 0.25) is 0 Å². The van der Waals surface area contributed by atoms with Gasteiger partial charge in [0, 0.05) is 13.6 Å². The van der Waals surface area contributed by atoms with Gasteiger partial charge >= 0.3 is 5.97 Å². The fourth-order valence-corrected chi connectivity index (χ4v) is 4.23. The number of esters is 1. The van der Waals surface area contributed by atoms with E-state index < -0.39 is 34.5 Å². The molecule has 0 aliphatic carbocycles. The second-order valence-corrected chi connectivity index (χ2v) is 7.61. The van der Waals surface area contributed by atoms with E-state index in [0.29, 0.717) is 12.8 Å². The molecule has 0 spiro atoms. The summed E-state index contributed by atoms with van der Waals surface area (Å²) in [5.41, 5.74) is 0.953. The van der Waals surface area contributed by atoms with Crippen LogP contribution in [0.4, 0.5) is 0 Å². The molecule has 7 nitrogen and oxygen atoms in total. The number of carbonyl (C=O) groups excluding carboxylic acids is 2. The molecule has 1 aliphatic rings. The number of aryl methyl sites for hydroxylation is 1. The summed E-state index contributed by atoms with van der Waals surface area (Å²) in [6.45, 7) is 1.72. The molecule has 8 heteroatoms. The Kier molecular flexibility index (Phi) is 5.95. The molecule has 1 fully saturated rings. The Morgan fingerprint density at radius 1 is 1.25 bits per heavy atom. The highest BCUT2D eigenvalue weighted by atomic mass is 32.2. The summed E-state index contributed by atoms with van der Waals surface area (Å²) in [6, 6.07) is 5.61. The smallest absolute Gasteiger partial charge is 0.324 e. The molecular formula is C16H22N2O5S. The summed E-state index contributed by atoms with van der Waals surface area (Å²) in [7, 11) is -2.35. The molecule has 0 aromatic heterocycles. The molecule has 1 heterocycles. The van der Waals surface area contributed by atoms with E-state index in [0.717, 1.165) is 12.0 Å². The summed E-state index contributed by atoms with van der Waals surface area (Å²) in [5, 5.41) is 2.35. The first-order valence-electron chi connectivity index (χ1n) is 7.82. The average molecular weight is 354 g/mol. The normalized spacial score (nSPS) is 18.8. The maximum absolute atomic E-state index is 12.8. The number of hydrogen-bond donors (Lipinski definition) is 1. The predicted molar refractivity (Wildman–Crippen MR) is 87.7 cm³/mol. The lowest BCUT2D eigenvalue weighted by molar-refractivity contribution is -0.153. The number of piperidine rings is 1.